The van der Waals surface area contributed by atoms with Crippen LogP contribution in [0.3, 0.4) is 0 Å². The largest absolute Gasteiger partial charge is 0.381 e. The summed E-state index contributed by atoms with van der Waals surface area (Å²) in [5.74, 6) is 0.980. The summed E-state index contributed by atoms with van der Waals surface area (Å²) in [7, 11) is 0. The SMILES string of the molecule is CCCCCCCCCCC1CCOCC1. The van der Waals surface area contributed by atoms with E-state index >= 15 is 0 Å². The molecular formula is C15H30O. The normalized spacial score (nSPS) is 17.8. The van der Waals surface area contributed by atoms with Gasteiger partial charge in [0.1, 0.15) is 0 Å². The van der Waals surface area contributed by atoms with Crippen molar-refractivity contribution >= 4 is 0 Å². The van der Waals surface area contributed by atoms with Crippen molar-refractivity contribution in [1.82, 2.24) is 0 Å². The van der Waals surface area contributed by atoms with Crippen LogP contribution in [0, 0.1) is 5.92 Å². The Labute approximate surface area is 102 Å². The Morgan fingerprint density at radius 3 is 2.00 bits per heavy atom. The molecule has 0 amide bonds. The highest BCUT2D eigenvalue weighted by Crippen LogP contribution is 2.21. The first-order chi connectivity index (χ1) is 7.93. The highest BCUT2D eigenvalue weighted by atomic mass is 16.5. The molecule has 1 aliphatic rings. The predicted molar refractivity (Wildman–Crippen MR) is 70.8 cm³/mol. The Kier molecular flexibility index (Phi) is 8.88. The van der Waals surface area contributed by atoms with E-state index in [-0.39, 0.29) is 0 Å². The molecule has 0 aromatic rings. The monoisotopic (exact) mass is 226 g/mol. The fourth-order valence-electron chi connectivity index (χ4n) is 2.60. The molecule has 0 aromatic heterocycles. The number of unbranched alkanes of at least 4 members (excludes halogenated alkanes) is 7. The van der Waals surface area contributed by atoms with Gasteiger partial charge in [0.25, 0.3) is 0 Å². The second kappa shape index (κ2) is 10.1. The minimum atomic E-state index is 0.980. The van der Waals surface area contributed by atoms with Crippen LogP contribution < -0.4 is 0 Å². The van der Waals surface area contributed by atoms with Crippen molar-refractivity contribution in [2.24, 2.45) is 5.92 Å². The lowest BCUT2D eigenvalue weighted by Gasteiger charge is -2.21. The summed E-state index contributed by atoms with van der Waals surface area (Å²) in [6.07, 6.45) is 15.7. The number of hydrogen-bond acceptors (Lipinski definition) is 1. The van der Waals surface area contributed by atoms with Gasteiger partial charge >= 0.3 is 0 Å². The first-order valence-corrected chi connectivity index (χ1v) is 7.51. The van der Waals surface area contributed by atoms with E-state index in [4.69, 9.17) is 4.74 Å². The molecule has 96 valence electrons. The summed E-state index contributed by atoms with van der Waals surface area (Å²) in [6, 6.07) is 0. The summed E-state index contributed by atoms with van der Waals surface area (Å²) < 4.78 is 5.38. The van der Waals surface area contributed by atoms with E-state index in [9.17, 15) is 0 Å². The molecule has 1 fully saturated rings. The highest BCUT2D eigenvalue weighted by Gasteiger charge is 2.12. The van der Waals surface area contributed by atoms with Gasteiger partial charge in [-0.15, -0.1) is 0 Å². The Hall–Kier alpha value is -0.0400. The zero-order chi connectivity index (χ0) is 11.5. The van der Waals surface area contributed by atoms with Crippen LogP contribution >= 0.6 is 0 Å². The molecular weight excluding hydrogens is 196 g/mol. The zero-order valence-corrected chi connectivity index (χ0v) is 11.2. The average Bonchev–Trinajstić information content (AvgIpc) is 2.34. The van der Waals surface area contributed by atoms with Gasteiger partial charge in [0.2, 0.25) is 0 Å². The van der Waals surface area contributed by atoms with Crippen molar-refractivity contribution in [1.29, 1.82) is 0 Å². The number of hydrogen-bond donors (Lipinski definition) is 0. The molecule has 1 heterocycles. The van der Waals surface area contributed by atoms with Crippen molar-refractivity contribution in [3.63, 3.8) is 0 Å². The summed E-state index contributed by atoms with van der Waals surface area (Å²) in [5.41, 5.74) is 0. The van der Waals surface area contributed by atoms with Gasteiger partial charge in [-0.2, -0.15) is 0 Å². The van der Waals surface area contributed by atoms with Gasteiger partial charge in [-0.1, -0.05) is 64.7 Å². The van der Waals surface area contributed by atoms with Gasteiger partial charge in [-0.3, -0.25) is 0 Å². The van der Waals surface area contributed by atoms with Crippen LogP contribution in [0.5, 0.6) is 0 Å². The topological polar surface area (TPSA) is 9.23 Å². The molecule has 1 heteroatoms. The Bertz CT molecular complexity index is 138. The quantitative estimate of drug-likeness (QED) is 0.506. The molecule has 0 aliphatic carbocycles. The Morgan fingerprint density at radius 2 is 1.38 bits per heavy atom. The fourth-order valence-corrected chi connectivity index (χ4v) is 2.60. The Balaban J connectivity index is 1.77. The van der Waals surface area contributed by atoms with Gasteiger partial charge in [0.05, 0.1) is 0 Å². The summed E-state index contributed by atoms with van der Waals surface area (Å²) in [5, 5.41) is 0. The van der Waals surface area contributed by atoms with E-state index < -0.39 is 0 Å². The standard InChI is InChI=1S/C15H30O/c1-2-3-4-5-6-7-8-9-10-15-11-13-16-14-12-15/h15H,2-14H2,1H3. The summed E-state index contributed by atoms with van der Waals surface area (Å²) >= 11 is 0. The van der Waals surface area contributed by atoms with Crippen molar-refractivity contribution in [3.8, 4) is 0 Å². The molecule has 0 bridgehead atoms. The van der Waals surface area contributed by atoms with Crippen molar-refractivity contribution in [3.05, 3.63) is 0 Å². The molecule has 0 atom stereocenters. The van der Waals surface area contributed by atoms with Gasteiger partial charge in [0, 0.05) is 13.2 Å². The van der Waals surface area contributed by atoms with E-state index in [1.807, 2.05) is 0 Å². The molecule has 0 aromatic carbocycles. The third-order valence-corrected chi connectivity index (χ3v) is 3.81. The summed E-state index contributed by atoms with van der Waals surface area (Å²) in [4.78, 5) is 0. The first kappa shape index (κ1) is 14.0. The number of ether oxygens (including phenoxy) is 1. The van der Waals surface area contributed by atoms with Crippen molar-refractivity contribution in [2.75, 3.05) is 13.2 Å². The van der Waals surface area contributed by atoms with Crippen LogP contribution in [-0.4, -0.2) is 13.2 Å². The molecule has 16 heavy (non-hydrogen) atoms. The van der Waals surface area contributed by atoms with E-state index in [1.165, 1.54) is 70.6 Å². The molecule has 1 aliphatic heterocycles. The highest BCUT2D eigenvalue weighted by molar-refractivity contribution is 4.63. The molecule has 1 saturated heterocycles. The van der Waals surface area contributed by atoms with E-state index in [2.05, 4.69) is 6.92 Å². The maximum absolute atomic E-state index is 5.38. The molecule has 0 saturated carbocycles. The lowest BCUT2D eigenvalue weighted by molar-refractivity contribution is 0.0631. The lowest BCUT2D eigenvalue weighted by Crippen LogP contribution is -2.15. The van der Waals surface area contributed by atoms with Crippen LogP contribution in [0.2, 0.25) is 0 Å². The molecule has 0 N–H and O–H groups in total. The third-order valence-electron chi connectivity index (χ3n) is 3.81. The predicted octanol–water partition coefficient (Wildman–Crippen LogP) is 4.94. The van der Waals surface area contributed by atoms with Crippen LogP contribution in [0.4, 0.5) is 0 Å². The van der Waals surface area contributed by atoms with Crippen LogP contribution in [0.1, 0.15) is 77.6 Å². The minimum Gasteiger partial charge on any atom is -0.381 e. The summed E-state index contributed by atoms with van der Waals surface area (Å²) in [6.45, 7) is 4.32. The maximum atomic E-state index is 5.38. The van der Waals surface area contributed by atoms with Crippen LogP contribution in [0.25, 0.3) is 0 Å². The van der Waals surface area contributed by atoms with Crippen molar-refractivity contribution in [2.45, 2.75) is 77.6 Å². The second-order valence-corrected chi connectivity index (χ2v) is 5.32. The van der Waals surface area contributed by atoms with Gasteiger partial charge < -0.3 is 4.74 Å². The molecule has 0 spiro atoms. The van der Waals surface area contributed by atoms with Crippen molar-refractivity contribution < 1.29 is 4.74 Å². The van der Waals surface area contributed by atoms with Crippen LogP contribution in [0.15, 0.2) is 0 Å². The molecule has 0 radical (unpaired) electrons. The molecule has 0 unspecified atom stereocenters. The van der Waals surface area contributed by atoms with E-state index in [0.29, 0.717) is 0 Å². The lowest BCUT2D eigenvalue weighted by atomic mass is 9.93. The van der Waals surface area contributed by atoms with Gasteiger partial charge in [-0.25, -0.2) is 0 Å². The molecule has 1 rings (SSSR count). The van der Waals surface area contributed by atoms with E-state index in [0.717, 1.165) is 19.1 Å². The van der Waals surface area contributed by atoms with Gasteiger partial charge in [0.15, 0.2) is 0 Å². The second-order valence-electron chi connectivity index (χ2n) is 5.32. The third kappa shape index (κ3) is 7.27. The zero-order valence-electron chi connectivity index (χ0n) is 11.2. The first-order valence-electron chi connectivity index (χ1n) is 7.51. The average molecular weight is 226 g/mol. The van der Waals surface area contributed by atoms with E-state index in [1.54, 1.807) is 0 Å². The minimum absolute atomic E-state index is 0.980. The number of rotatable bonds is 9. The van der Waals surface area contributed by atoms with Gasteiger partial charge in [-0.05, 0) is 18.8 Å². The van der Waals surface area contributed by atoms with Crippen LogP contribution in [-0.2, 0) is 4.74 Å². The maximum Gasteiger partial charge on any atom is 0.0468 e. The Morgan fingerprint density at radius 1 is 0.812 bits per heavy atom. The molecule has 1 nitrogen and oxygen atoms in total. The smallest absolute Gasteiger partial charge is 0.0468 e. The fraction of sp³-hybridized carbons (Fsp3) is 1.00.